The van der Waals surface area contributed by atoms with Gasteiger partial charge in [-0.05, 0) is 32.6 Å². The maximum absolute atomic E-state index is 12.7. The van der Waals surface area contributed by atoms with E-state index in [9.17, 15) is 14.4 Å². The van der Waals surface area contributed by atoms with Crippen LogP contribution in [-0.4, -0.2) is 112 Å². The maximum Gasteiger partial charge on any atom is 0.409 e. The third kappa shape index (κ3) is 8.68. The fourth-order valence-corrected chi connectivity index (χ4v) is 5.22. The average Bonchev–Trinajstić information content (AvgIpc) is 3.39. The first-order valence-electron chi connectivity index (χ1n) is 12.6. The van der Waals surface area contributed by atoms with E-state index in [-0.39, 0.29) is 36.5 Å². The van der Waals surface area contributed by atoms with Crippen molar-refractivity contribution < 1.29 is 33.3 Å². The zero-order valence-corrected chi connectivity index (χ0v) is 22.1. The van der Waals surface area contributed by atoms with Crippen molar-refractivity contribution in [1.29, 1.82) is 0 Å². The van der Waals surface area contributed by atoms with Crippen molar-refractivity contribution >= 4 is 29.2 Å². The lowest BCUT2D eigenvalue weighted by Gasteiger charge is -2.31. The second-order valence-electron chi connectivity index (χ2n) is 8.82. The Hall–Kier alpha value is -2.28. The molecule has 12 heteroatoms. The van der Waals surface area contributed by atoms with Gasteiger partial charge in [-0.25, -0.2) is 9.78 Å². The molecular formula is C24H38N4O7S. The predicted molar refractivity (Wildman–Crippen MR) is 133 cm³/mol. The summed E-state index contributed by atoms with van der Waals surface area (Å²) in [6.07, 6.45) is 2.71. The monoisotopic (exact) mass is 526 g/mol. The van der Waals surface area contributed by atoms with Gasteiger partial charge in [0.15, 0.2) is 0 Å². The summed E-state index contributed by atoms with van der Waals surface area (Å²) >= 11 is 1.50. The van der Waals surface area contributed by atoms with Crippen LogP contribution in [0.5, 0.6) is 0 Å². The molecule has 11 nitrogen and oxygen atoms in total. The van der Waals surface area contributed by atoms with E-state index in [0.29, 0.717) is 77.7 Å². The quantitative estimate of drug-likeness (QED) is 0.410. The molecule has 0 bridgehead atoms. The first kappa shape index (κ1) is 28.3. The van der Waals surface area contributed by atoms with Crippen LogP contribution in [0.25, 0.3) is 0 Å². The van der Waals surface area contributed by atoms with Gasteiger partial charge < -0.3 is 34.1 Å². The van der Waals surface area contributed by atoms with Crippen LogP contribution in [0, 0.1) is 0 Å². The van der Waals surface area contributed by atoms with E-state index in [1.807, 2.05) is 4.90 Å². The average molecular weight is 527 g/mol. The van der Waals surface area contributed by atoms with Crippen LogP contribution >= 0.6 is 11.3 Å². The van der Waals surface area contributed by atoms with Crippen molar-refractivity contribution in [1.82, 2.24) is 20.1 Å². The zero-order chi connectivity index (χ0) is 25.8. The van der Waals surface area contributed by atoms with E-state index in [1.165, 1.54) is 11.3 Å². The molecule has 1 aromatic heterocycles. The fourth-order valence-electron chi connectivity index (χ4n) is 4.25. The molecule has 2 saturated heterocycles. The Morgan fingerprint density at radius 2 is 1.67 bits per heavy atom. The number of hydrogen-bond donors (Lipinski definition) is 1. The molecule has 0 unspecified atom stereocenters. The third-order valence-electron chi connectivity index (χ3n) is 6.34. The summed E-state index contributed by atoms with van der Waals surface area (Å²) in [4.78, 5) is 45.0. The highest BCUT2D eigenvalue weighted by atomic mass is 32.1. The summed E-state index contributed by atoms with van der Waals surface area (Å²) in [5.41, 5.74) is 0.433. The van der Waals surface area contributed by atoms with E-state index in [1.54, 1.807) is 24.3 Å². The van der Waals surface area contributed by atoms with Crippen LogP contribution in [0.2, 0.25) is 0 Å². The molecule has 2 aliphatic heterocycles. The molecule has 202 valence electrons. The molecule has 3 rings (SSSR count). The van der Waals surface area contributed by atoms with Gasteiger partial charge in [0.1, 0.15) is 12.3 Å². The van der Waals surface area contributed by atoms with Crippen molar-refractivity contribution in [3.05, 3.63) is 16.1 Å². The van der Waals surface area contributed by atoms with Crippen LogP contribution < -0.4 is 5.32 Å². The van der Waals surface area contributed by atoms with E-state index < -0.39 is 0 Å². The molecule has 3 heterocycles. The van der Waals surface area contributed by atoms with Crippen molar-refractivity contribution in [2.75, 3.05) is 72.9 Å². The van der Waals surface area contributed by atoms with E-state index in [0.717, 1.165) is 17.8 Å². The van der Waals surface area contributed by atoms with Crippen molar-refractivity contribution in [3.63, 3.8) is 0 Å². The molecule has 36 heavy (non-hydrogen) atoms. The Morgan fingerprint density at radius 3 is 2.36 bits per heavy atom. The number of nitrogens with one attached hydrogen (secondary N) is 1. The number of amides is 3. The summed E-state index contributed by atoms with van der Waals surface area (Å²) < 4.78 is 20.7. The number of aromatic nitrogens is 1. The molecule has 0 saturated carbocycles. The summed E-state index contributed by atoms with van der Waals surface area (Å²) in [6, 6.07) is 0.0155. The number of thiazole rings is 1. The topological polar surface area (TPSA) is 120 Å². The van der Waals surface area contributed by atoms with Gasteiger partial charge in [-0.1, -0.05) is 0 Å². The summed E-state index contributed by atoms with van der Waals surface area (Å²) in [7, 11) is 1.62. The van der Waals surface area contributed by atoms with E-state index >= 15 is 0 Å². The van der Waals surface area contributed by atoms with E-state index in [2.05, 4.69) is 10.3 Å². The lowest BCUT2D eigenvalue weighted by atomic mass is 9.97. The zero-order valence-electron chi connectivity index (χ0n) is 21.2. The number of nitrogens with zero attached hydrogens (tertiary/aromatic N) is 3. The Bertz CT molecular complexity index is 836. The van der Waals surface area contributed by atoms with Crippen molar-refractivity contribution in [2.45, 2.75) is 44.6 Å². The van der Waals surface area contributed by atoms with Gasteiger partial charge in [0.25, 0.3) is 5.91 Å². The van der Waals surface area contributed by atoms with Gasteiger partial charge in [-0.3, -0.25) is 9.59 Å². The molecule has 0 spiro atoms. The molecule has 0 atom stereocenters. The second-order valence-corrected chi connectivity index (χ2v) is 9.71. The second kappa shape index (κ2) is 15.1. The van der Waals surface area contributed by atoms with Crippen LogP contribution in [-0.2, 0) is 23.7 Å². The third-order valence-corrected chi connectivity index (χ3v) is 7.34. The first-order valence-corrected chi connectivity index (χ1v) is 13.5. The molecule has 0 radical (unpaired) electrons. The molecule has 1 aromatic rings. The van der Waals surface area contributed by atoms with E-state index in [4.69, 9.17) is 18.9 Å². The summed E-state index contributed by atoms with van der Waals surface area (Å²) in [5.74, 6) is 0.0464. The Labute approximate surface area is 216 Å². The summed E-state index contributed by atoms with van der Waals surface area (Å²) in [5, 5.41) is 5.79. The smallest absolute Gasteiger partial charge is 0.409 e. The standard InChI is InChI=1S/C24H38N4O7S/c1-3-35-24(31)28-10-6-19(7-11-28)25-22(30)20-17-36-23(26-20)18-4-8-27(9-5-18)21(29)16-34-15-14-33-13-12-32-2/h17-19H,3-16H2,1-2H3,(H,25,30). The molecule has 2 fully saturated rings. The normalized spacial score (nSPS) is 17.3. The number of carbonyl (C=O) groups is 3. The van der Waals surface area contributed by atoms with Crippen molar-refractivity contribution in [2.24, 2.45) is 0 Å². The highest BCUT2D eigenvalue weighted by molar-refractivity contribution is 7.09. The molecule has 3 amide bonds. The number of rotatable bonds is 12. The number of likely N-dealkylation sites (tertiary alicyclic amines) is 2. The Morgan fingerprint density at radius 1 is 1.00 bits per heavy atom. The largest absolute Gasteiger partial charge is 0.450 e. The Kier molecular flexibility index (Phi) is 11.9. The van der Waals surface area contributed by atoms with Gasteiger partial charge in [-0.15, -0.1) is 11.3 Å². The molecular weight excluding hydrogens is 488 g/mol. The molecule has 0 aliphatic carbocycles. The molecule has 2 aliphatic rings. The van der Waals surface area contributed by atoms with Crippen LogP contribution in [0.3, 0.4) is 0 Å². The minimum absolute atomic E-state index is 0.0152. The number of methoxy groups -OCH3 is 1. The van der Waals surface area contributed by atoms with Gasteiger partial charge in [0, 0.05) is 50.6 Å². The first-order chi connectivity index (χ1) is 17.5. The van der Waals surface area contributed by atoms with Crippen molar-refractivity contribution in [3.8, 4) is 0 Å². The van der Waals surface area contributed by atoms with Gasteiger partial charge >= 0.3 is 6.09 Å². The number of carbonyl (C=O) groups excluding carboxylic acids is 3. The van der Waals surface area contributed by atoms with Gasteiger partial charge in [0.05, 0.1) is 38.0 Å². The number of piperidine rings is 2. The van der Waals surface area contributed by atoms with Gasteiger partial charge in [-0.2, -0.15) is 0 Å². The lowest BCUT2D eigenvalue weighted by molar-refractivity contribution is -0.137. The number of hydrogen-bond acceptors (Lipinski definition) is 9. The fraction of sp³-hybridized carbons (Fsp3) is 0.750. The minimum atomic E-state index is -0.296. The van der Waals surface area contributed by atoms with Crippen LogP contribution in [0.4, 0.5) is 4.79 Å². The van der Waals surface area contributed by atoms with Gasteiger partial charge in [0.2, 0.25) is 5.91 Å². The lowest BCUT2D eigenvalue weighted by Crippen LogP contribution is -2.46. The highest BCUT2D eigenvalue weighted by Crippen LogP contribution is 2.30. The predicted octanol–water partition coefficient (Wildman–Crippen LogP) is 1.88. The van der Waals surface area contributed by atoms with Crippen LogP contribution in [0.1, 0.15) is 54.0 Å². The molecule has 0 aromatic carbocycles. The highest BCUT2D eigenvalue weighted by Gasteiger charge is 2.28. The maximum atomic E-state index is 12.7. The number of ether oxygens (including phenoxy) is 4. The SMILES string of the molecule is CCOC(=O)N1CCC(NC(=O)c2csc(C3CCN(C(=O)COCCOCCOC)CC3)n2)CC1. The summed E-state index contributed by atoms with van der Waals surface area (Å²) in [6.45, 7) is 6.49. The van der Waals surface area contributed by atoms with Crippen LogP contribution in [0.15, 0.2) is 5.38 Å². The molecule has 1 N–H and O–H groups in total. The Balaban J connectivity index is 1.34. The minimum Gasteiger partial charge on any atom is -0.450 e.